The molecule has 0 N–H and O–H groups in total. The lowest BCUT2D eigenvalue weighted by atomic mass is 9.71. The highest BCUT2D eigenvalue weighted by Gasteiger charge is 2.69. The van der Waals surface area contributed by atoms with E-state index in [1.54, 1.807) is 39.8 Å². The summed E-state index contributed by atoms with van der Waals surface area (Å²) in [5.41, 5.74) is -1.32. The van der Waals surface area contributed by atoms with E-state index >= 15 is 0 Å². The second-order valence-corrected chi connectivity index (χ2v) is 11.3. The van der Waals surface area contributed by atoms with Crippen molar-refractivity contribution in [3.63, 3.8) is 0 Å². The van der Waals surface area contributed by atoms with E-state index in [1.165, 1.54) is 4.90 Å². The minimum absolute atomic E-state index is 0.197. The highest BCUT2D eigenvalue weighted by molar-refractivity contribution is 9.11. The Morgan fingerprint density at radius 2 is 1.76 bits per heavy atom. The van der Waals surface area contributed by atoms with E-state index in [0.717, 1.165) is 0 Å². The second kappa shape index (κ2) is 6.20. The van der Waals surface area contributed by atoms with Crippen molar-refractivity contribution in [2.45, 2.75) is 50.1 Å². The van der Waals surface area contributed by atoms with Crippen LogP contribution in [0.1, 0.15) is 40.5 Å². The van der Waals surface area contributed by atoms with Crippen LogP contribution >= 0.6 is 15.9 Å². The summed E-state index contributed by atoms with van der Waals surface area (Å²) in [6.07, 6.45) is 3.53. The summed E-state index contributed by atoms with van der Waals surface area (Å²) < 4.78 is 25.1. The topological polar surface area (TPSA) is 71.5 Å². The van der Waals surface area contributed by atoms with E-state index in [-0.39, 0.29) is 30.2 Å². The Kier molecular flexibility index (Phi) is 4.98. The number of amides is 1. The molecule has 2 rings (SSSR count). The standard InChI is InChI=1S/C18H24BrNO4S/c1-7-9-18(10-8-2)15(22)20-12(13(21)17(4,5)6)11(3)14(19)25(23,24)16(18)20/h7-8,14,16H,1-2,9-10H2,3-6H3/t14?,16-/m0/s1. The molecule has 25 heavy (non-hydrogen) atoms. The summed E-state index contributed by atoms with van der Waals surface area (Å²) in [5.74, 6) is -0.597. The smallest absolute Gasteiger partial charge is 0.238 e. The van der Waals surface area contributed by atoms with Crippen LogP contribution in [0.25, 0.3) is 0 Å². The summed E-state index contributed by atoms with van der Waals surface area (Å²) in [4.78, 5) is 27.2. The van der Waals surface area contributed by atoms with Gasteiger partial charge in [0.15, 0.2) is 21.0 Å². The summed E-state index contributed by atoms with van der Waals surface area (Å²) in [5, 5.41) is -1.09. The van der Waals surface area contributed by atoms with Gasteiger partial charge in [-0.25, -0.2) is 8.42 Å². The van der Waals surface area contributed by atoms with E-state index in [9.17, 15) is 18.0 Å². The summed E-state index contributed by atoms with van der Waals surface area (Å²) >= 11 is 3.24. The number of halogens is 1. The van der Waals surface area contributed by atoms with Gasteiger partial charge in [0.05, 0.1) is 11.1 Å². The Labute approximate surface area is 157 Å². The summed E-state index contributed by atoms with van der Waals surface area (Å²) in [7, 11) is -3.73. The lowest BCUT2D eigenvalue weighted by Crippen LogP contribution is -2.74. The van der Waals surface area contributed by atoms with Gasteiger partial charge in [0.2, 0.25) is 5.91 Å². The molecule has 1 saturated heterocycles. The van der Waals surface area contributed by atoms with Crippen LogP contribution in [-0.2, 0) is 19.4 Å². The lowest BCUT2D eigenvalue weighted by molar-refractivity contribution is -0.162. The molecule has 0 aliphatic carbocycles. The number of carbonyl (C=O) groups is 2. The van der Waals surface area contributed by atoms with Crippen molar-refractivity contribution in [1.29, 1.82) is 0 Å². The predicted molar refractivity (Wildman–Crippen MR) is 101 cm³/mol. The first-order valence-electron chi connectivity index (χ1n) is 8.05. The molecule has 0 bridgehead atoms. The molecule has 1 amide bonds. The van der Waals surface area contributed by atoms with Crippen molar-refractivity contribution in [1.82, 2.24) is 4.90 Å². The zero-order valence-electron chi connectivity index (χ0n) is 15.0. The molecule has 7 heteroatoms. The Bertz CT molecular complexity index is 778. The monoisotopic (exact) mass is 429 g/mol. The summed E-state index contributed by atoms with van der Waals surface area (Å²) in [6.45, 7) is 14.2. The maximum absolute atomic E-state index is 13.1. The largest absolute Gasteiger partial charge is 0.292 e. The second-order valence-electron chi connectivity index (χ2n) is 7.69. The Morgan fingerprint density at radius 1 is 1.28 bits per heavy atom. The van der Waals surface area contributed by atoms with Crippen LogP contribution in [0, 0.1) is 10.8 Å². The first-order valence-corrected chi connectivity index (χ1v) is 10.6. The normalized spacial score (nSPS) is 27.4. The van der Waals surface area contributed by atoms with E-state index in [2.05, 4.69) is 29.1 Å². The first kappa shape index (κ1) is 20.1. The van der Waals surface area contributed by atoms with Gasteiger partial charge in [-0.1, -0.05) is 48.9 Å². The zero-order chi connectivity index (χ0) is 19.4. The fourth-order valence-electron chi connectivity index (χ4n) is 3.59. The minimum atomic E-state index is -3.73. The number of β-lactam (4-membered cyclic amide) rings is 1. The van der Waals surface area contributed by atoms with E-state index < -0.39 is 30.2 Å². The van der Waals surface area contributed by atoms with Gasteiger partial charge in [0.25, 0.3) is 0 Å². The Balaban J connectivity index is 2.72. The van der Waals surface area contributed by atoms with Crippen LogP contribution in [0.15, 0.2) is 36.6 Å². The molecule has 0 aromatic heterocycles. The number of Topliss-reactive ketones (excluding diaryl/α,β-unsaturated/α-hetero) is 1. The van der Waals surface area contributed by atoms with Crippen molar-refractivity contribution in [3.8, 4) is 0 Å². The SMILES string of the molecule is C=CCC1(CC=C)C(=O)N2C(C(=O)C(C)(C)C)=C(C)C(Br)S(=O)(=O)[C@H]21. The van der Waals surface area contributed by atoms with Gasteiger partial charge in [0, 0.05) is 5.41 Å². The molecule has 2 heterocycles. The van der Waals surface area contributed by atoms with Crippen LogP contribution in [0.5, 0.6) is 0 Å². The molecule has 0 radical (unpaired) electrons. The van der Waals surface area contributed by atoms with Gasteiger partial charge >= 0.3 is 0 Å². The average Bonchev–Trinajstić information content (AvgIpc) is 2.50. The first-order chi connectivity index (χ1) is 11.4. The molecule has 2 aliphatic heterocycles. The summed E-state index contributed by atoms with van der Waals surface area (Å²) in [6, 6.07) is 0. The highest BCUT2D eigenvalue weighted by Crippen LogP contribution is 2.55. The molecule has 2 aliphatic rings. The van der Waals surface area contributed by atoms with Gasteiger partial charge < -0.3 is 0 Å². The lowest BCUT2D eigenvalue weighted by Gasteiger charge is -2.58. The molecule has 0 aromatic carbocycles. The van der Waals surface area contributed by atoms with E-state index in [0.29, 0.717) is 5.57 Å². The van der Waals surface area contributed by atoms with Gasteiger partial charge in [-0.05, 0) is 25.3 Å². The molecule has 1 unspecified atom stereocenters. The molecule has 138 valence electrons. The predicted octanol–water partition coefficient (Wildman–Crippen LogP) is 3.33. The maximum Gasteiger partial charge on any atom is 0.238 e. The molecule has 5 nitrogen and oxygen atoms in total. The number of fused-ring (bicyclic) bond motifs is 1. The van der Waals surface area contributed by atoms with E-state index in [4.69, 9.17) is 0 Å². The van der Waals surface area contributed by atoms with Crippen molar-refractivity contribution in [2.24, 2.45) is 10.8 Å². The minimum Gasteiger partial charge on any atom is -0.292 e. The maximum atomic E-state index is 13.1. The number of allylic oxidation sites excluding steroid dienone is 3. The van der Waals surface area contributed by atoms with Gasteiger partial charge in [-0.15, -0.1) is 13.2 Å². The number of alkyl halides is 1. The highest BCUT2D eigenvalue weighted by atomic mass is 79.9. The van der Waals surface area contributed by atoms with Crippen molar-refractivity contribution in [2.75, 3.05) is 0 Å². The fraction of sp³-hybridized carbons (Fsp3) is 0.556. The average molecular weight is 430 g/mol. The number of carbonyl (C=O) groups excluding carboxylic acids is 2. The van der Waals surface area contributed by atoms with E-state index in [1.807, 2.05) is 0 Å². The third kappa shape index (κ3) is 2.67. The van der Waals surface area contributed by atoms with Crippen LogP contribution in [-0.4, -0.2) is 34.5 Å². The number of hydrogen-bond donors (Lipinski definition) is 0. The Hall–Kier alpha value is -1.21. The van der Waals surface area contributed by atoms with Crippen LogP contribution < -0.4 is 0 Å². The van der Waals surface area contributed by atoms with Crippen LogP contribution in [0.3, 0.4) is 0 Å². The van der Waals surface area contributed by atoms with Gasteiger partial charge in [-0.3, -0.25) is 14.5 Å². The van der Waals surface area contributed by atoms with Crippen molar-refractivity contribution < 1.29 is 18.0 Å². The third-order valence-electron chi connectivity index (χ3n) is 4.82. The van der Waals surface area contributed by atoms with Gasteiger partial charge in [0.1, 0.15) is 4.16 Å². The molecule has 2 atom stereocenters. The molecule has 1 fully saturated rings. The number of hydrogen-bond acceptors (Lipinski definition) is 4. The number of sulfone groups is 1. The number of ketones is 1. The van der Waals surface area contributed by atoms with Crippen LogP contribution in [0.4, 0.5) is 0 Å². The van der Waals surface area contributed by atoms with Crippen molar-refractivity contribution in [3.05, 3.63) is 36.6 Å². The number of rotatable bonds is 5. The molecular weight excluding hydrogens is 406 g/mol. The molecule has 0 saturated carbocycles. The van der Waals surface area contributed by atoms with Crippen LogP contribution in [0.2, 0.25) is 0 Å². The fourth-order valence-corrected chi connectivity index (χ4v) is 6.67. The molecule has 0 aromatic rings. The molecular formula is C18H24BrNO4S. The molecule has 0 spiro atoms. The zero-order valence-corrected chi connectivity index (χ0v) is 17.4. The van der Waals surface area contributed by atoms with Crippen molar-refractivity contribution >= 4 is 37.5 Å². The third-order valence-corrected chi connectivity index (χ3v) is 9.28. The van der Waals surface area contributed by atoms with Gasteiger partial charge in [-0.2, -0.15) is 0 Å². The number of nitrogens with zero attached hydrogens (tertiary/aromatic N) is 1. The Morgan fingerprint density at radius 3 is 2.16 bits per heavy atom. The quantitative estimate of drug-likeness (QED) is 0.381.